The minimum atomic E-state index is -0.273. The van der Waals surface area contributed by atoms with E-state index in [9.17, 15) is 9.90 Å². The molecule has 1 heterocycles. The van der Waals surface area contributed by atoms with E-state index in [0.717, 1.165) is 0 Å². The van der Waals surface area contributed by atoms with Gasteiger partial charge < -0.3 is 10.4 Å². The van der Waals surface area contributed by atoms with Gasteiger partial charge in [-0.15, -0.1) is 0 Å². The Balaban J connectivity index is 1.71. The van der Waals surface area contributed by atoms with Crippen molar-refractivity contribution in [2.24, 2.45) is 0 Å². The summed E-state index contributed by atoms with van der Waals surface area (Å²) in [6.45, 7) is 0. The molecule has 2 N–H and O–H groups in total. The van der Waals surface area contributed by atoms with Crippen LogP contribution in [0.15, 0.2) is 66.9 Å². The molecule has 4 rings (SSSR count). The molecule has 0 atom stereocenters. The summed E-state index contributed by atoms with van der Waals surface area (Å²) in [5.41, 5.74) is 1.65. The Morgan fingerprint density at radius 2 is 1.68 bits per heavy atom. The number of anilines is 2. The number of ketones is 1. The lowest BCUT2D eigenvalue weighted by atomic mass is 10.0. The maximum Gasteiger partial charge on any atom is 0.227 e. The van der Waals surface area contributed by atoms with Crippen LogP contribution in [-0.4, -0.2) is 20.9 Å². The van der Waals surface area contributed by atoms with Crippen LogP contribution >= 0.6 is 23.2 Å². The van der Waals surface area contributed by atoms with Crippen LogP contribution in [0.5, 0.6) is 5.75 Å². The van der Waals surface area contributed by atoms with Gasteiger partial charge in [0.25, 0.3) is 0 Å². The van der Waals surface area contributed by atoms with Crippen LogP contribution in [0.4, 0.5) is 11.6 Å². The predicted molar refractivity (Wildman–Crippen MR) is 111 cm³/mol. The zero-order chi connectivity index (χ0) is 19.7. The first kappa shape index (κ1) is 18.2. The second kappa shape index (κ2) is 7.46. The van der Waals surface area contributed by atoms with E-state index < -0.39 is 0 Å². The van der Waals surface area contributed by atoms with Gasteiger partial charge in [0.15, 0.2) is 5.78 Å². The standard InChI is InChI=1S/C21H13Cl2N3O2/c22-15-7-4-8-16(23)19(15)26-21-24-11-13-9-14(18(27)10-17(13)25-21)20(28)12-5-2-1-3-6-12/h1-11,27H,(H,24,25,26). The highest BCUT2D eigenvalue weighted by Gasteiger charge is 2.16. The molecule has 0 aliphatic rings. The third-order valence-electron chi connectivity index (χ3n) is 4.18. The number of phenols is 1. The lowest BCUT2D eigenvalue weighted by Gasteiger charge is -2.10. The number of aromatic hydroxyl groups is 1. The number of benzene rings is 3. The average Bonchev–Trinajstić information content (AvgIpc) is 2.70. The Labute approximate surface area is 170 Å². The highest BCUT2D eigenvalue weighted by atomic mass is 35.5. The zero-order valence-corrected chi connectivity index (χ0v) is 15.9. The second-order valence-corrected chi connectivity index (χ2v) is 6.85. The first-order valence-corrected chi connectivity index (χ1v) is 9.09. The molecule has 0 spiro atoms. The van der Waals surface area contributed by atoms with Gasteiger partial charge in [0.05, 0.1) is 26.8 Å². The number of hydrogen-bond donors (Lipinski definition) is 2. The molecule has 0 aliphatic carbocycles. The monoisotopic (exact) mass is 409 g/mol. The number of aromatic nitrogens is 2. The molecule has 0 bridgehead atoms. The molecule has 3 aromatic carbocycles. The number of halogens is 2. The number of hydrogen-bond acceptors (Lipinski definition) is 5. The molecule has 28 heavy (non-hydrogen) atoms. The number of nitrogens with zero attached hydrogens (tertiary/aromatic N) is 2. The minimum absolute atomic E-state index is 0.151. The van der Waals surface area contributed by atoms with Crippen molar-refractivity contribution in [2.45, 2.75) is 0 Å². The van der Waals surface area contributed by atoms with E-state index in [0.29, 0.717) is 32.2 Å². The molecular weight excluding hydrogens is 397 g/mol. The summed E-state index contributed by atoms with van der Waals surface area (Å²) in [6.07, 6.45) is 1.57. The van der Waals surface area contributed by atoms with Crippen molar-refractivity contribution < 1.29 is 9.90 Å². The number of nitrogens with one attached hydrogen (secondary N) is 1. The number of phenolic OH excluding ortho intramolecular Hbond substituents is 1. The molecule has 7 heteroatoms. The van der Waals surface area contributed by atoms with Gasteiger partial charge in [0, 0.05) is 23.2 Å². The van der Waals surface area contributed by atoms with Gasteiger partial charge in [-0.05, 0) is 18.2 Å². The average molecular weight is 410 g/mol. The van der Waals surface area contributed by atoms with Crippen molar-refractivity contribution >= 4 is 51.5 Å². The Kier molecular flexibility index (Phi) is 4.86. The summed E-state index contributed by atoms with van der Waals surface area (Å²) in [5, 5.41) is 14.8. The van der Waals surface area contributed by atoms with Crippen molar-refractivity contribution in [2.75, 3.05) is 5.32 Å². The quantitative estimate of drug-likeness (QED) is 0.428. The molecule has 0 amide bonds. The second-order valence-electron chi connectivity index (χ2n) is 6.04. The Hall–Kier alpha value is -3.15. The van der Waals surface area contributed by atoms with E-state index in [-0.39, 0.29) is 23.0 Å². The van der Waals surface area contributed by atoms with Crippen LogP contribution in [-0.2, 0) is 0 Å². The van der Waals surface area contributed by atoms with Crippen molar-refractivity contribution in [3.05, 3.63) is 88.0 Å². The largest absolute Gasteiger partial charge is 0.507 e. The fraction of sp³-hybridized carbons (Fsp3) is 0. The van der Waals surface area contributed by atoms with Gasteiger partial charge in [0.2, 0.25) is 5.95 Å². The summed E-state index contributed by atoms with van der Waals surface area (Å²) >= 11 is 12.3. The normalized spacial score (nSPS) is 10.8. The third kappa shape index (κ3) is 3.50. The van der Waals surface area contributed by atoms with Crippen LogP contribution < -0.4 is 5.32 Å². The summed E-state index contributed by atoms with van der Waals surface area (Å²) in [5.74, 6) is -0.157. The lowest BCUT2D eigenvalue weighted by Crippen LogP contribution is -2.03. The van der Waals surface area contributed by atoms with E-state index in [1.807, 2.05) is 6.07 Å². The highest BCUT2D eigenvalue weighted by Crippen LogP contribution is 2.32. The van der Waals surface area contributed by atoms with E-state index in [1.54, 1.807) is 54.7 Å². The molecule has 0 fully saturated rings. The summed E-state index contributed by atoms with van der Waals surface area (Å²) in [4.78, 5) is 21.3. The molecule has 0 radical (unpaired) electrons. The topological polar surface area (TPSA) is 75.1 Å². The lowest BCUT2D eigenvalue weighted by molar-refractivity contribution is 0.103. The van der Waals surface area contributed by atoms with Gasteiger partial charge in [-0.2, -0.15) is 0 Å². The number of carbonyl (C=O) groups excluding carboxylic acids is 1. The fourth-order valence-corrected chi connectivity index (χ4v) is 3.28. The van der Waals surface area contributed by atoms with Crippen LogP contribution in [0.3, 0.4) is 0 Å². The van der Waals surface area contributed by atoms with Crippen molar-refractivity contribution in [3.63, 3.8) is 0 Å². The molecule has 1 aromatic heterocycles. The Morgan fingerprint density at radius 1 is 0.964 bits per heavy atom. The first-order chi connectivity index (χ1) is 13.5. The SMILES string of the molecule is O=C(c1ccccc1)c1cc2cnc(Nc3c(Cl)cccc3Cl)nc2cc1O. The third-order valence-corrected chi connectivity index (χ3v) is 4.81. The van der Waals surface area contributed by atoms with E-state index in [1.165, 1.54) is 6.07 Å². The number of fused-ring (bicyclic) bond motifs is 1. The number of rotatable bonds is 4. The number of para-hydroxylation sites is 1. The summed E-state index contributed by atoms with van der Waals surface area (Å²) < 4.78 is 0. The molecule has 0 saturated carbocycles. The number of carbonyl (C=O) groups is 1. The maximum absolute atomic E-state index is 12.7. The molecule has 0 unspecified atom stereocenters. The van der Waals surface area contributed by atoms with E-state index in [2.05, 4.69) is 15.3 Å². The van der Waals surface area contributed by atoms with E-state index in [4.69, 9.17) is 23.2 Å². The molecule has 5 nitrogen and oxygen atoms in total. The van der Waals surface area contributed by atoms with Crippen LogP contribution in [0, 0.1) is 0 Å². The van der Waals surface area contributed by atoms with E-state index >= 15 is 0 Å². The molecule has 138 valence electrons. The van der Waals surface area contributed by atoms with Gasteiger partial charge in [0.1, 0.15) is 5.75 Å². The summed E-state index contributed by atoms with van der Waals surface area (Å²) in [7, 11) is 0. The van der Waals surface area contributed by atoms with Crippen molar-refractivity contribution in [1.82, 2.24) is 9.97 Å². The summed E-state index contributed by atoms with van der Waals surface area (Å²) in [6, 6.07) is 16.9. The molecule has 0 saturated heterocycles. The first-order valence-electron chi connectivity index (χ1n) is 8.33. The van der Waals surface area contributed by atoms with Gasteiger partial charge in [-0.1, -0.05) is 59.6 Å². The maximum atomic E-state index is 12.7. The minimum Gasteiger partial charge on any atom is -0.507 e. The van der Waals surface area contributed by atoms with Crippen molar-refractivity contribution in [3.8, 4) is 5.75 Å². The van der Waals surface area contributed by atoms with Crippen LogP contribution in [0.25, 0.3) is 10.9 Å². The van der Waals surface area contributed by atoms with Gasteiger partial charge >= 0.3 is 0 Å². The van der Waals surface area contributed by atoms with Crippen LogP contribution in [0.2, 0.25) is 10.0 Å². The smallest absolute Gasteiger partial charge is 0.227 e. The highest BCUT2D eigenvalue weighted by molar-refractivity contribution is 6.39. The molecule has 4 aromatic rings. The molecule has 0 aliphatic heterocycles. The molecular formula is C21H13Cl2N3O2. The van der Waals surface area contributed by atoms with Crippen LogP contribution in [0.1, 0.15) is 15.9 Å². The predicted octanol–water partition coefficient (Wildman–Crippen LogP) is 5.62. The van der Waals surface area contributed by atoms with Gasteiger partial charge in [-0.3, -0.25) is 4.79 Å². The van der Waals surface area contributed by atoms with Gasteiger partial charge in [-0.25, -0.2) is 9.97 Å². The van der Waals surface area contributed by atoms with Crippen molar-refractivity contribution in [1.29, 1.82) is 0 Å². The Morgan fingerprint density at radius 3 is 2.39 bits per heavy atom. The zero-order valence-electron chi connectivity index (χ0n) is 14.4. The Bertz CT molecular complexity index is 1180. The fourth-order valence-electron chi connectivity index (χ4n) is 2.78.